The van der Waals surface area contributed by atoms with Crippen molar-refractivity contribution < 1.29 is 9.94 Å². The van der Waals surface area contributed by atoms with E-state index in [9.17, 15) is 0 Å². The van der Waals surface area contributed by atoms with Crippen LogP contribution < -0.4 is 10.2 Å². The van der Waals surface area contributed by atoms with Gasteiger partial charge in [0.2, 0.25) is 0 Å². The van der Waals surface area contributed by atoms with Gasteiger partial charge in [-0.1, -0.05) is 6.92 Å². The Balaban J connectivity index is 2.12. The molecule has 0 unspecified atom stereocenters. The maximum atomic E-state index is 8.85. The Hall–Kier alpha value is -2.01. The minimum Gasteiger partial charge on any atom is -0.483 e. The number of imidazole rings is 1. The Morgan fingerprint density at radius 3 is 3.18 bits per heavy atom. The summed E-state index contributed by atoms with van der Waals surface area (Å²) in [5.74, 6) is 1.66. The summed E-state index contributed by atoms with van der Waals surface area (Å²) in [6.45, 7) is 2.54. The van der Waals surface area contributed by atoms with E-state index in [2.05, 4.69) is 17.4 Å². The van der Waals surface area contributed by atoms with Crippen molar-refractivity contribution in [2.24, 2.45) is 0 Å². The number of anilines is 1. The molecule has 0 aliphatic carbocycles. The van der Waals surface area contributed by atoms with Gasteiger partial charge in [0.15, 0.2) is 5.82 Å². The molecule has 0 atom stereocenters. The van der Waals surface area contributed by atoms with Crippen LogP contribution in [-0.2, 0) is 13.0 Å². The number of nitrogens with one attached hydrogen (secondary N) is 1. The molecular weight excluding hydrogens is 218 g/mol. The standard InChI is InChI=1S/C12H13N3O2/c1-2-8-6-15-10-4-3-9(14-16)5-11(10)17-7-12(15)13-8/h3-6,14,16H,2,7H2,1H3. The third-order valence-electron chi connectivity index (χ3n) is 2.90. The molecule has 0 spiro atoms. The number of ether oxygens (including phenoxy) is 1. The largest absolute Gasteiger partial charge is 0.483 e. The van der Waals surface area contributed by atoms with Gasteiger partial charge < -0.3 is 4.74 Å². The van der Waals surface area contributed by atoms with E-state index in [1.54, 1.807) is 12.1 Å². The molecule has 3 rings (SSSR count). The Morgan fingerprint density at radius 2 is 2.41 bits per heavy atom. The second-order valence-corrected chi connectivity index (χ2v) is 3.96. The summed E-state index contributed by atoms with van der Waals surface area (Å²) in [6.07, 6.45) is 2.94. The molecule has 2 N–H and O–H groups in total. The van der Waals surface area contributed by atoms with Crippen LogP contribution in [0, 0.1) is 0 Å². The lowest BCUT2D eigenvalue weighted by Gasteiger charge is -2.19. The van der Waals surface area contributed by atoms with Gasteiger partial charge in [-0.25, -0.2) is 4.98 Å². The molecule has 0 saturated heterocycles. The van der Waals surface area contributed by atoms with Crippen molar-refractivity contribution in [3.8, 4) is 11.4 Å². The normalized spacial score (nSPS) is 12.6. The number of rotatable bonds is 2. The van der Waals surface area contributed by atoms with Crippen molar-refractivity contribution in [2.45, 2.75) is 20.0 Å². The highest BCUT2D eigenvalue weighted by atomic mass is 16.5. The molecule has 1 aromatic heterocycles. The van der Waals surface area contributed by atoms with E-state index >= 15 is 0 Å². The number of hydrogen-bond donors (Lipinski definition) is 2. The van der Waals surface area contributed by atoms with Gasteiger partial charge in [0.25, 0.3) is 0 Å². The summed E-state index contributed by atoms with van der Waals surface area (Å²) in [5, 5.41) is 8.85. The Kier molecular flexibility index (Phi) is 2.26. The molecule has 2 heterocycles. The van der Waals surface area contributed by atoms with Gasteiger partial charge in [-0.3, -0.25) is 15.3 Å². The number of benzene rings is 1. The number of hydrogen-bond acceptors (Lipinski definition) is 4. The minimum absolute atomic E-state index is 0.460. The SMILES string of the molecule is CCc1cn2c(n1)COc1cc(NO)ccc1-2. The molecule has 88 valence electrons. The summed E-state index contributed by atoms with van der Waals surface area (Å²) in [7, 11) is 0. The predicted octanol–water partition coefficient (Wildman–Crippen LogP) is 2.13. The van der Waals surface area contributed by atoms with Crippen LogP contribution in [0.2, 0.25) is 0 Å². The molecule has 0 saturated carbocycles. The second kappa shape index (κ2) is 3.78. The highest BCUT2D eigenvalue weighted by Gasteiger charge is 2.19. The van der Waals surface area contributed by atoms with Gasteiger partial charge in [-0.2, -0.15) is 0 Å². The third-order valence-corrected chi connectivity index (χ3v) is 2.90. The monoisotopic (exact) mass is 231 g/mol. The zero-order valence-corrected chi connectivity index (χ0v) is 9.47. The lowest BCUT2D eigenvalue weighted by atomic mass is 10.2. The van der Waals surface area contributed by atoms with E-state index in [0.717, 1.165) is 29.4 Å². The molecule has 17 heavy (non-hydrogen) atoms. The van der Waals surface area contributed by atoms with Crippen LogP contribution in [0.15, 0.2) is 24.4 Å². The highest BCUT2D eigenvalue weighted by Crippen LogP contribution is 2.32. The maximum absolute atomic E-state index is 8.85. The molecule has 5 heteroatoms. The first-order valence-electron chi connectivity index (χ1n) is 5.56. The molecule has 2 aromatic rings. The molecule has 0 fully saturated rings. The topological polar surface area (TPSA) is 59.3 Å². The molecule has 0 radical (unpaired) electrons. The van der Waals surface area contributed by atoms with Crippen molar-refractivity contribution in [3.05, 3.63) is 35.9 Å². The number of aryl methyl sites for hydroxylation is 1. The van der Waals surface area contributed by atoms with Crippen molar-refractivity contribution in [3.63, 3.8) is 0 Å². The summed E-state index contributed by atoms with van der Waals surface area (Å²) in [5.41, 5.74) is 4.74. The van der Waals surface area contributed by atoms with Crippen molar-refractivity contribution in [1.29, 1.82) is 0 Å². The van der Waals surface area contributed by atoms with Gasteiger partial charge in [0.05, 0.1) is 17.1 Å². The van der Waals surface area contributed by atoms with Crippen LogP contribution >= 0.6 is 0 Å². The van der Waals surface area contributed by atoms with Crippen LogP contribution in [-0.4, -0.2) is 14.8 Å². The summed E-state index contributed by atoms with van der Waals surface area (Å²) in [4.78, 5) is 4.48. The first kappa shape index (κ1) is 10.2. The molecule has 0 amide bonds. The average Bonchev–Trinajstić information content (AvgIpc) is 2.81. The van der Waals surface area contributed by atoms with E-state index in [1.807, 2.05) is 16.8 Å². The lowest BCUT2D eigenvalue weighted by molar-refractivity contribution is 0.279. The fourth-order valence-electron chi connectivity index (χ4n) is 1.99. The average molecular weight is 231 g/mol. The van der Waals surface area contributed by atoms with Gasteiger partial charge in [-0.05, 0) is 18.6 Å². The summed E-state index contributed by atoms with van der Waals surface area (Å²) >= 11 is 0. The van der Waals surface area contributed by atoms with Gasteiger partial charge >= 0.3 is 0 Å². The minimum atomic E-state index is 0.460. The smallest absolute Gasteiger partial charge is 0.151 e. The molecular formula is C12H13N3O2. The van der Waals surface area contributed by atoms with Crippen LogP contribution in [0.25, 0.3) is 5.69 Å². The Labute approximate surface area is 98.6 Å². The van der Waals surface area contributed by atoms with E-state index < -0.39 is 0 Å². The first-order valence-corrected chi connectivity index (χ1v) is 5.56. The molecule has 1 aromatic carbocycles. The molecule has 5 nitrogen and oxygen atoms in total. The van der Waals surface area contributed by atoms with Crippen molar-refractivity contribution >= 4 is 5.69 Å². The summed E-state index contributed by atoms with van der Waals surface area (Å²) < 4.78 is 7.66. The molecule has 1 aliphatic heterocycles. The fourth-order valence-corrected chi connectivity index (χ4v) is 1.99. The number of aromatic nitrogens is 2. The van der Waals surface area contributed by atoms with Crippen molar-refractivity contribution in [1.82, 2.24) is 9.55 Å². The molecule has 1 aliphatic rings. The van der Waals surface area contributed by atoms with Crippen LogP contribution in [0.4, 0.5) is 5.69 Å². The number of nitrogens with zero attached hydrogens (tertiary/aromatic N) is 2. The Morgan fingerprint density at radius 1 is 1.53 bits per heavy atom. The van der Waals surface area contributed by atoms with E-state index in [4.69, 9.17) is 9.94 Å². The van der Waals surface area contributed by atoms with E-state index in [-0.39, 0.29) is 0 Å². The van der Waals surface area contributed by atoms with E-state index in [1.165, 1.54) is 0 Å². The van der Waals surface area contributed by atoms with Crippen LogP contribution in [0.3, 0.4) is 0 Å². The van der Waals surface area contributed by atoms with Crippen LogP contribution in [0.1, 0.15) is 18.4 Å². The third kappa shape index (κ3) is 1.55. The predicted molar refractivity (Wildman–Crippen MR) is 62.7 cm³/mol. The van der Waals surface area contributed by atoms with Gasteiger partial charge in [0.1, 0.15) is 12.4 Å². The van der Waals surface area contributed by atoms with E-state index in [0.29, 0.717) is 12.3 Å². The zero-order chi connectivity index (χ0) is 11.8. The highest BCUT2D eigenvalue weighted by molar-refractivity contribution is 5.58. The Bertz CT molecular complexity index is 563. The maximum Gasteiger partial charge on any atom is 0.151 e. The second-order valence-electron chi connectivity index (χ2n) is 3.96. The van der Waals surface area contributed by atoms with Gasteiger partial charge in [-0.15, -0.1) is 0 Å². The molecule has 0 bridgehead atoms. The van der Waals surface area contributed by atoms with Crippen LogP contribution in [0.5, 0.6) is 5.75 Å². The van der Waals surface area contributed by atoms with Crippen molar-refractivity contribution in [2.75, 3.05) is 5.48 Å². The summed E-state index contributed by atoms with van der Waals surface area (Å²) in [6, 6.07) is 5.46. The zero-order valence-electron chi connectivity index (χ0n) is 9.47. The quantitative estimate of drug-likeness (QED) is 0.777. The lowest BCUT2D eigenvalue weighted by Crippen LogP contribution is -2.12. The fraction of sp³-hybridized carbons (Fsp3) is 0.250. The first-order chi connectivity index (χ1) is 8.31. The number of fused-ring (bicyclic) bond motifs is 3. The van der Waals surface area contributed by atoms with Gasteiger partial charge in [0, 0.05) is 12.3 Å².